The molecule has 2 N–H and O–H groups in total. The zero-order valence-electron chi connectivity index (χ0n) is 18.0. The highest BCUT2D eigenvalue weighted by Crippen LogP contribution is 2.28. The summed E-state index contributed by atoms with van der Waals surface area (Å²) in [6.07, 6.45) is 0.807. The SMILES string of the molecule is COC(=O)CCCC(=O)Nc1nc2ccc(C(=O)Nc3c(C)cc(C)cc3C)cc2s1. The van der Waals surface area contributed by atoms with Gasteiger partial charge in [-0.1, -0.05) is 29.0 Å². The van der Waals surface area contributed by atoms with Crippen molar-refractivity contribution in [1.29, 1.82) is 0 Å². The number of nitrogens with zero attached hydrogens (tertiary/aromatic N) is 1. The van der Waals surface area contributed by atoms with Gasteiger partial charge in [-0.2, -0.15) is 0 Å². The molecule has 1 heterocycles. The van der Waals surface area contributed by atoms with Crippen LogP contribution in [0.4, 0.5) is 10.8 Å². The first-order valence-corrected chi connectivity index (χ1v) is 10.7. The zero-order chi connectivity index (χ0) is 22.5. The van der Waals surface area contributed by atoms with Crippen LogP contribution in [0.5, 0.6) is 0 Å². The van der Waals surface area contributed by atoms with Crippen LogP contribution in [0.1, 0.15) is 46.3 Å². The Balaban J connectivity index is 1.68. The molecule has 0 saturated carbocycles. The third-order valence-corrected chi connectivity index (χ3v) is 5.76. The molecular weight excluding hydrogens is 414 g/mol. The molecule has 7 nitrogen and oxygen atoms in total. The molecule has 2 amide bonds. The lowest BCUT2D eigenvalue weighted by Gasteiger charge is -2.12. The molecule has 0 unspecified atom stereocenters. The first kappa shape index (κ1) is 22.4. The zero-order valence-corrected chi connectivity index (χ0v) is 18.8. The first-order chi connectivity index (χ1) is 14.8. The molecule has 3 rings (SSSR count). The molecule has 0 saturated heterocycles. The average Bonchev–Trinajstić information content (AvgIpc) is 3.11. The van der Waals surface area contributed by atoms with Crippen molar-refractivity contribution in [2.45, 2.75) is 40.0 Å². The lowest BCUT2D eigenvalue weighted by atomic mass is 10.0. The van der Waals surface area contributed by atoms with E-state index in [0.717, 1.165) is 27.1 Å². The number of hydrogen-bond donors (Lipinski definition) is 2. The lowest BCUT2D eigenvalue weighted by Crippen LogP contribution is -2.13. The molecule has 31 heavy (non-hydrogen) atoms. The maximum absolute atomic E-state index is 12.8. The number of methoxy groups -OCH3 is 1. The van der Waals surface area contributed by atoms with Crippen LogP contribution in [0, 0.1) is 20.8 Å². The smallest absolute Gasteiger partial charge is 0.305 e. The largest absolute Gasteiger partial charge is 0.469 e. The molecule has 3 aromatic rings. The number of carbonyl (C=O) groups excluding carboxylic acids is 3. The van der Waals surface area contributed by atoms with E-state index in [1.807, 2.05) is 32.9 Å². The quantitative estimate of drug-likeness (QED) is 0.518. The van der Waals surface area contributed by atoms with Crippen LogP contribution in [-0.4, -0.2) is 29.9 Å². The molecule has 1 aromatic heterocycles. The fourth-order valence-electron chi connectivity index (χ4n) is 3.36. The van der Waals surface area contributed by atoms with E-state index in [0.29, 0.717) is 22.6 Å². The van der Waals surface area contributed by atoms with E-state index in [1.165, 1.54) is 18.4 Å². The Morgan fingerprint density at radius 3 is 2.39 bits per heavy atom. The Morgan fingerprint density at radius 2 is 1.71 bits per heavy atom. The first-order valence-electron chi connectivity index (χ1n) is 9.93. The summed E-state index contributed by atoms with van der Waals surface area (Å²) in [5.41, 5.74) is 5.23. The minimum absolute atomic E-state index is 0.196. The molecule has 0 bridgehead atoms. The molecule has 0 aliphatic carbocycles. The number of thiazole rings is 1. The van der Waals surface area contributed by atoms with Crippen LogP contribution in [0.25, 0.3) is 10.2 Å². The minimum Gasteiger partial charge on any atom is -0.469 e. The molecule has 162 valence electrons. The summed E-state index contributed by atoms with van der Waals surface area (Å²) in [7, 11) is 1.32. The van der Waals surface area contributed by atoms with Crippen molar-refractivity contribution in [2.75, 3.05) is 17.7 Å². The van der Waals surface area contributed by atoms with Gasteiger partial charge in [0.2, 0.25) is 5.91 Å². The number of benzene rings is 2. The topological polar surface area (TPSA) is 97.4 Å². The Bertz CT molecular complexity index is 1130. The van der Waals surface area contributed by atoms with E-state index in [9.17, 15) is 14.4 Å². The molecule has 0 atom stereocenters. The van der Waals surface area contributed by atoms with Crippen LogP contribution < -0.4 is 10.6 Å². The van der Waals surface area contributed by atoms with Gasteiger partial charge in [0.05, 0.1) is 17.3 Å². The van der Waals surface area contributed by atoms with Crippen LogP contribution in [-0.2, 0) is 14.3 Å². The highest BCUT2D eigenvalue weighted by Gasteiger charge is 2.14. The molecule has 0 radical (unpaired) electrons. The fourth-order valence-corrected chi connectivity index (χ4v) is 4.28. The van der Waals surface area contributed by atoms with E-state index in [4.69, 9.17) is 0 Å². The normalized spacial score (nSPS) is 10.7. The number of carbonyl (C=O) groups is 3. The van der Waals surface area contributed by atoms with Gasteiger partial charge in [-0.05, 0) is 56.5 Å². The van der Waals surface area contributed by atoms with Gasteiger partial charge in [0, 0.05) is 24.1 Å². The number of aryl methyl sites for hydroxylation is 3. The van der Waals surface area contributed by atoms with Crippen LogP contribution in [0.3, 0.4) is 0 Å². The van der Waals surface area contributed by atoms with Crippen molar-refractivity contribution in [3.8, 4) is 0 Å². The maximum atomic E-state index is 12.8. The van der Waals surface area contributed by atoms with Gasteiger partial charge in [0.1, 0.15) is 0 Å². The summed E-state index contributed by atoms with van der Waals surface area (Å²) >= 11 is 1.30. The van der Waals surface area contributed by atoms with Gasteiger partial charge < -0.3 is 15.4 Å². The van der Waals surface area contributed by atoms with Crippen molar-refractivity contribution in [1.82, 2.24) is 4.98 Å². The summed E-state index contributed by atoms with van der Waals surface area (Å²) in [6, 6.07) is 9.33. The molecule has 0 aliphatic heterocycles. The fraction of sp³-hybridized carbons (Fsp3) is 0.304. The molecule has 8 heteroatoms. The number of ether oxygens (including phenoxy) is 1. The summed E-state index contributed by atoms with van der Waals surface area (Å²) in [5, 5.41) is 6.21. The summed E-state index contributed by atoms with van der Waals surface area (Å²) < 4.78 is 5.36. The maximum Gasteiger partial charge on any atom is 0.305 e. The van der Waals surface area contributed by atoms with E-state index >= 15 is 0 Å². The summed E-state index contributed by atoms with van der Waals surface area (Å²) in [5.74, 6) is -0.750. The predicted molar refractivity (Wildman–Crippen MR) is 123 cm³/mol. The van der Waals surface area contributed by atoms with Gasteiger partial charge in [-0.25, -0.2) is 4.98 Å². The Hall–Kier alpha value is -3.26. The number of hydrogen-bond acceptors (Lipinski definition) is 6. The number of rotatable bonds is 7. The Labute approximate surface area is 184 Å². The van der Waals surface area contributed by atoms with Gasteiger partial charge in [-0.15, -0.1) is 0 Å². The van der Waals surface area contributed by atoms with E-state index in [2.05, 4.69) is 20.4 Å². The highest BCUT2D eigenvalue weighted by molar-refractivity contribution is 7.22. The standard InChI is InChI=1S/C23H25N3O4S/c1-13-10-14(2)21(15(3)11-13)26-22(29)16-8-9-17-18(12-16)31-23(24-17)25-19(27)6-5-7-20(28)30-4/h8-12H,5-7H2,1-4H3,(H,26,29)(H,24,25,27). The second-order valence-electron chi connectivity index (χ2n) is 7.41. The molecule has 0 spiro atoms. The van der Waals surface area contributed by atoms with E-state index in [1.54, 1.807) is 18.2 Å². The number of nitrogens with one attached hydrogen (secondary N) is 2. The van der Waals surface area contributed by atoms with Gasteiger partial charge >= 0.3 is 5.97 Å². The lowest BCUT2D eigenvalue weighted by molar-refractivity contribution is -0.140. The molecule has 2 aromatic carbocycles. The number of anilines is 2. The number of aromatic nitrogens is 1. The second-order valence-corrected chi connectivity index (χ2v) is 8.44. The average molecular weight is 440 g/mol. The third-order valence-electron chi connectivity index (χ3n) is 4.82. The summed E-state index contributed by atoms with van der Waals surface area (Å²) in [4.78, 5) is 40.4. The van der Waals surface area contributed by atoms with Crippen LogP contribution in [0.2, 0.25) is 0 Å². The predicted octanol–water partition coefficient (Wildman–Crippen LogP) is 4.76. The van der Waals surface area contributed by atoms with Crippen molar-refractivity contribution < 1.29 is 19.1 Å². The van der Waals surface area contributed by atoms with E-state index in [-0.39, 0.29) is 30.6 Å². The minimum atomic E-state index is -0.338. The van der Waals surface area contributed by atoms with Crippen molar-refractivity contribution in [3.63, 3.8) is 0 Å². The number of amides is 2. The Morgan fingerprint density at radius 1 is 1.00 bits per heavy atom. The van der Waals surface area contributed by atoms with Crippen molar-refractivity contribution >= 4 is 50.2 Å². The molecule has 0 fully saturated rings. The highest BCUT2D eigenvalue weighted by atomic mass is 32.1. The van der Waals surface area contributed by atoms with Crippen molar-refractivity contribution in [2.24, 2.45) is 0 Å². The van der Waals surface area contributed by atoms with Gasteiger partial charge in [-0.3, -0.25) is 14.4 Å². The number of fused-ring (bicyclic) bond motifs is 1. The Kier molecular flexibility index (Phi) is 7.02. The van der Waals surface area contributed by atoms with Crippen molar-refractivity contribution in [3.05, 3.63) is 52.6 Å². The molecular formula is C23H25N3O4S. The van der Waals surface area contributed by atoms with Gasteiger partial charge in [0.25, 0.3) is 5.91 Å². The monoisotopic (exact) mass is 439 g/mol. The third kappa shape index (κ3) is 5.67. The van der Waals surface area contributed by atoms with Crippen LogP contribution >= 0.6 is 11.3 Å². The number of esters is 1. The van der Waals surface area contributed by atoms with E-state index < -0.39 is 0 Å². The molecule has 0 aliphatic rings. The second kappa shape index (κ2) is 9.70. The van der Waals surface area contributed by atoms with Gasteiger partial charge in [0.15, 0.2) is 5.13 Å². The summed E-state index contributed by atoms with van der Waals surface area (Å²) in [6.45, 7) is 5.98. The van der Waals surface area contributed by atoms with Crippen LogP contribution in [0.15, 0.2) is 30.3 Å².